The highest BCUT2D eigenvalue weighted by Crippen LogP contribution is 2.27. The van der Waals surface area contributed by atoms with Crippen LogP contribution in [0.2, 0.25) is 0 Å². The van der Waals surface area contributed by atoms with E-state index < -0.39 is 35.2 Å². The maximum Gasteiger partial charge on any atom is 0.213 e. The van der Waals surface area contributed by atoms with Gasteiger partial charge in [0.2, 0.25) is 6.36 Å². The fourth-order valence-corrected chi connectivity index (χ4v) is 1.63. The van der Waals surface area contributed by atoms with Crippen LogP contribution < -0.4 is 0 Å². The lowest BCUT2D eigenvalue weighted by atomic mass is 10.0. The fourth-order valence-electron chi connectivity index (χ4n) is 1.04. The molecule has 0 saturated carbocycles. The summed E-state index contributed by atoms with van der Waals surface area (Å²) in [5, 5.41) is 27.1. The van der Waals surface area contributed by atoms with Crippen LogP contribution in [0.4, 0.5) is 4.39 Å². The SMILES string of the molecule is OC[C@H]1O[C@H](F)[C@@H](I)[C@@H](O)[C@@H]1O. The number of hydrogen-bond donors (Lipinski definition) is 3. The Balaban J connectivity index is 2.63. The lowest BCUT2D eigenvalue weighted by molar-refractivity contribution is -0.206. The predicted octanol–water partition coefficient (Wildman–Crippen LogP) is -0.802. The van der Waals surface area contributed by atoms with Gasteiger partial charge in [-0.2, -0.15) is 0 Å². The van der Waals surface area contributed by atoms with E-state index in [1.807, 2.05) is 0 Å². The van der Waals surface area contributed by atoms with E-state index in [0.717, 1.165) is 0 Å². The molecular formula is C6H10FIO4. The predicted molar refractivity (Wildman–Crippen MR) is 46.7 cm³/mol. The van der Waals surface area contributed by atoms with Crippen molar-refractivity contribution in [2.45, 2.75) is 28.6 Å². The molecule has 1 saturated heterocycles. The zero-order valence-electron chi connectivity index (χ0n) is 6.10. The minimum Gasteiger partial charge on any atom is -0.394 e. The summed E-state index contributed by atoms with van der Waals surface area (Å²) in [6.45, 7) is -0.498. The zero-order chi connectivity index (χ0) is 9.30. The molecule has 12 heavy (non-hydrogen) atoms. The van der Waals surface area contributed by atoms with Crippen molar-refractivity contribution in [3.05, 3.63) is 0 Å². The summed E-state index contributed by atoms with van der Waals surface area (Å²) in [5.41, 5.74) is 0. The van der Waals surface area contributed by atoms with Crippen LogP contribution in [0.1, 0.15) is 0 Å². The monoisotopic (exact) mass is 292 g/mol. The Morgan fingerprint density at radius 2 is 1.92 bits per heavy atom. The quantitative estimate of drug-likeness (QED) is 0.437. The number of halogens is 2. The summed E-state index contributed by atoms with van der Waals surface area (Å²) >= 11 is 1.66. The van der Waals surface area contributed by atoms with E-state index in [4.69, 9.17) is 5.11 Å². The number of alkyl halides is 2. The molecule has 6 heteroatoms. The molecular weight excluding hydrogens is 282 g/mol. The molecule has 5 atom stereocenters. The number of rotatable bonds is 1. The van der Waals surface area contributed by atoms with E-state index in [-0.39, 0.29) is 0 Å². The van der Waals surface area contributed by atoms with Gasteiger partial charge in [0.05, 0.1) is 16.6 Å². The van der Waals surface area contributed by atoms with E-state index in [1.54, 1.807) is 22.6 Å². The van der Waals surface area contributed by atoms with Crippen LogP contribution >= 0.6 is 22.6 Å². The van der Waals surface area contributed by atoms with E-state index in [1.165, 1.54) is 0 Å². The summed E-state index contributed by atoms with van der Waals surface area (Å²) < 4.78 is 16.6. The lowest BCUT2D eigenvalue weighted by Gasteiger charge is -2.36. The van der Waals surface area contributed by atoms with Gasteiger partial charge in [-0.1, -0.05) is 22.6 Å². The molecule has 4 nitrogen and oxygen atoms in total. The highest BCUT2D eigenvalue weighted by molar-refractivity contribution is 14.1. The van der Waals surface area contributed by atoms with Gasteiger partial charge in [-0.25, -0.2) is 4.39 Å². The van der Waals surface area contributed by atoms with Crippen molar-refractivity contribution in [3.8, 4) is 0 Å². The van der Waals surface area contributed by atoms with Gasteiger partial charge >= 0.3 is 0 Å². The van der Waals surface area contributed by atoms with Crippen molar-refractivity contribution in [3.63, 3.8) is 0 Å². The highest BCUT2D eigenvalue weighted by Gasteiger charge is 2.42. The van der Waals surface area contributed by atoms with Crippen molar-refractivity contribution in [1.82, 2.24) is 0 Å². The number of hydrogen-bond acceptors (Lipinski definition) is 4. The molecule has 0 aromatic carbocycles. The maximum absolute atomic E-state index is 12.8. The maximum atomic E-state index is 12.8. The van der Waals surface area contributed by atoms with Gasteiger partial charge in [0.25, 0.3) is 0 Å². The van der Waals surface area contributed by atoms with Gasteiger partial charge in [-0.05, 0) is 0 Å². The smallest absolute Gasteiger partial charge is 0.213 e. The van der Waals surface area contributed by atoms with Crippen LogP contribution in [0.5, 0.6) is 0 Å². The standard InChI is InChI=1S/C6H10FIO4/c7-6-3(8)5(11)4(10)2(1-9)12-6/h2-6,9-11H,1H2/t2-,3+,4-,5-,6+/m1/s1. The second-order valence-corrected chi connectivity index (χ2v) is 4.07. The summed E-state index contributed by atoms with van der Waals surface area (Å²) in [6.07, 6.45) is -5.07. The molecule has 0 spiro atoms. The van der Waals surface area contributed by atoms with Crippen molar-refractivity contribution in [2.75, 3.05) is 6.61 Å². The van der Waals surface area contributed by atoms with Gasteiger partial charge in [-0.3, -0.25) is 0 Å². The Bertz CT molecular complexity index is 154. The second-order valence-electron chi connectivity index (χ2n) is 2.63. The minimum atomic E-state index is -1.64. The molecule has 1 aliphatic rings. The first-order valence-electron chi connectivity index (χ1n) is 3.48. The third-order valence-corrected chi connectivity index (χ3v) is 3.09. The largest absolute Gasteiger partial charge is 0.394 e. The molecule has 1 aliphatic heterocycles. The summed E-state index contributed by atoms with van der Waals surface area (Å²) in [7, 11) is 0. The van der Waals surface area contributed by atoms with Crippen LogP contribution in [0.25, 0.3) is 0 Å². The van der Waals surface area contributed by atoms with Crippen LogP contribution in [0, 0.1) is 0 Å². The fraction of sp³-hybridized carbons (Fsp3) is 1.00. The number of aliphatic hydroxyl groups excluding tert-OH is 3. The molecule has 1 fully saturated rings. The molecule has 0 aromatic heterocycles. The Morgan fingerprint density at radius 3 is 2.42 bits per heavy atom. The second kappa shape index (κ2) is 4.14. The number of aliphatic hydroxyl groups is 3. The molecule has 0 aliphatic carbocycles. The highest BCUT2D eigenvalue weighted by atomic mass is 127. The average Bonchev–Trinajstić information content (AvgIpc) is 2.08. The van der Waals surface area contributed by atoms with Crippen molar-refractivity contribution in [1.29, 1.82) is 0 Å². The van der Waals surface area contributed by atoms with Gasteiger partial charge in [0, 0.05) is 0 Å². The van der Waals surface area contributed by atoms with Crippen LogP contribution in [-0.4, -0.2) is 50.5 Å². The first kappa shape index (κ1) is 10.6. The minimum absolute atomic E-state index is 0.498. The average molecular weight is 292 g/mol. The molecule has 0 radical (unpaired) electrons. The van der Waals surface area contributed by atoms with Crippen LogP contribution in [-0.2, 0) is 4.74 Å². The Kier molecular flexibility index (Phi) is 3.65. The summed E-state index contributed by atoms with van der Waals surface area (Å²) in [4.78, 5) is 0. The van der Waals surface area contributed by atoms with Crippen LogP contribution in [0.15, 0.2) is 0 Å². The first-order chi connectivity index (χ1) is 5.57. The van der Waals surface area contributed by atoms with E-state index in [9.17, 15) is 14.6 Å². The Morgan fingerprint density at radius 1 is 1.33 bits per heavy atom. The lowest BCUT2D eigenvalue weighted by Crippen LogP contribution is -2.55. The normalized spacial score (nSPS) is 49.2. The summed E-state index contributed by atoms with van der Waals surface area (Å²) in [6, 6.07) is 0. The first-order valence-corrected chi connectivity index (χ1v) is 4.73. The zero-order valence-corrected chi connectivity index (χ0v) is 8.26. The van der Waals surface area contributed by atoms with Crippen molar-refractivity contribution in [2.24, 2.45) is 0 Å². The van der Waals surface area contributed by atoms with Crippen molar-refractivity contribution < 1.29 is 24.4 Å². The summed E-state index contributed by atoms with van der Waals surface area (Å²) in [5.74, 6) is 0. The van der Waals surface area contributed by atoms with E-state index in [2.05, 4.69) is 4.74 Å². The molecule has 0 bridgehead atoms. The molecule has 0 unspecified atom stereocenters. The third-order valence-electron chi connectivity index (χ3n) is 1.79. The topological polar surface area (TPSA) is 69.9 Å². The molecule has 1 rings (SSSR count). The van der Waals surface area contributed by atoms with Gasteiger partial charge < -0.3 is 20.1 Å². The Hall–Kier alpha value is 0.500. The van der Waals surface area contributed by atoms with Gasteiger partial charge in [0.15, 0.2) is 0 Å². The molecule has 1 heterocycles. The Labute approximate surface area is 82.5 Å². The number of ether oxygens (including phenoxy) is 1. The molecule has 72 valence electrons. The van der Waals surface area contributed by atoms with Gasteiger partial charge in [-0.15, -0.1) is 0 Å². The van der Waals surface area contributed by atoms with Gasteiger partial charge in [0.1, 0.15) is 12.2 Å². The van der Waals surface area contributed by atoms with Crippen LogP contribution in [0.3, 0.4) is 0 Å². The molecule has 0 amide bonds. The van der Waals surface area contributed by atoms with E-state index in [0.29, 0.717) is 0 Å². The van der Waals surface area contributed by atoms with Crippen molar-refractivity contribution >= 4 is 22.6 Å². The third kappa shape index (κ3) is 1.87. The molecule has 3 N–H and O–H groups in total. The molecule has 0 aromatic rings. The van der Waals surface area contributed by atoms with E-state index >= 15 is 0 Å².